The summed E-state index contributed by atoms with van der Waals surface area (Å²) in [5.41, 5.74) is 0. The molecular formula is C22H46O11Si. The van der Waals surface area contributed by atoms with E-state index < -0.39 is 14.3 Å². The summed E-state index contributed by atoms with van der Waals surface area (Å²) in [5, 5.41) is 0. The minimum Gasteiger partial charge on any atom is -0.467 e. The molecule has 0 aromatic carbocycles. The fourth-order valence-electron chi connectivity index (χ4n) is 2.16. The maximum Gasteiger partial charge on any atom is 0.331 e. The van der Waals surface area contributed by atoms with Crippen LogP contribution < -0.4 is 0 Å². The van der Waals surface area contributed by atoms with Gasteiger partial charge in [-0.25, -0.2) is 4.79 Å². The van der Waals surface area contributed by atoms with Gasteiger partial charge in [-0.05, 0) is 19.6 Å². The molecule has 0 saturated heterocycles. The summed E-state index contributed by atoms with van der Waals surface area (Å²) in [5.74, 6) is -0.403. The molecule has 0 N–H and O–H groups in total. The van der Waals surface area contributed by atoms with E-state index in [-0.39, 0.29) is 6.61 Å². The third-order valence-electron chi connectivity index (χ3n) is 3.81. The van der Waals surface area contributed by atoms with Crippen LogP contribution in [0.5, 0.6) is 0 Å². The predicted octanol–water partition coefficient (Wildman–Crippen LogP) is 1.14. The highest BCUT2D eigenvalue weighted by atomic mass is 28.4. The van der Waals surface area contributed by atoms with Crippen molar-refractivity contribution >= 4 is 14.3 Å². The molecule has 0 spiro atoms. The molecule has 12 heteroatoms. The Hall–Kier alpha value is -0.673. The van der Waals surface area contributed by atoms with Crippen molar-refractivity contribution in [3.05, 3.63) is 0 Å². The Labute approximate surface area is 205 Å². The third-order valence-corrected chi connectivity index (χ3v) is 4.88. The molecule has 0 aromatic rings. The largest absolute Gasteiger partial charge is 0.467 e. The molecule has 0 amide bonds. The standard InChI is InChI=1S/C22H46O11Si/c1-24-22(23)21-32-18-17-30-14-13-28-10-9-26-6-5-25-7-8-27-11-12-29-15-16-31-19-20-33-34(2,3)4/h5-21H2,1-4H3. The summed E-state index contributed by atoms with van der Waals surface area (Å²) in [4.78, 5) is 10.8. The number of carbonyl (C=O) groups is 1. The second-order valence-corrected chi connectivity index (χ2v) is 12.4. The van der Waals surface area contributed by atoms with Gasteiger partial charge in [0, 0.05) is 0 Å². The first kappa shape index (κ1) is 33.3. The van der Waals surface area contributed by atoms with Gasteiger partial charge in [0.25, 0.3) is 0 Å². The molecular weight excluding hydrogens is 468 g/mol. The Morgan fingerprint density at radius 3 is 1.00 bits per heavy atom. The summed E-state index contributed by atoms with van der Waals surface area (Å²) < 4.78 is 53.1. The van der Waals surface area contributed by atoms with Gasteiger partial charge in [-0.15, -0.1) is 0 Å². The number of carbonyl (C=O) groups excluding carboxylic acids is 1. The molecule has 34 heavy (non-hydrogen) atoms. The van der Waals surface area contributed by atoms with Gasteiger partial charge < -0.3 is 47.1 Å². The van der Waals surface area contributed by atoms with Gasteiger partial charge in [-0.1, -0.05) is 0 Å². The lowest BCUT2D eigenvalue weighted by atomic mass is 10.6. The summed E-state index contributed by atoms with van der Waals surface area (Å²) in [6, 6.07) is 0. The molecule has 0 saturated carbocycles. The van der Waals surface area contributed by atoms with Gasteiger partial charge in [0.15, 0.2) is 8.32 Å². The van der Waals surface area contributed by atoms with Crippen LogP contribution in [-0.2, 0) is 51.9 Å². The minimum atomic E-state index is -1.45. The molecule has 0 rings (SSSR count). The van der Waals surface area contributed by atoms with Crippen molar-refractivity contribution in [3.63, 3.8) is 0 Å². The Bertz CT molecular complexity index is 436. The van der Waals surface area contributed by atoms with E-state index in [0.717, 1.165) is 0 Å². The molecule has 0 fully saturated rings. The summed E-state index contributed by atoms with van der Waals surface area (Å²) in [7, 11) is -0.128. The van der Waals surface area contributed by atoms with E-state index in [9.17, 15) is 4.79 Å². The van der Waals surface area contributed by atoms with Crippen LogP contribution in [0.25, 0.3) is 0 Å². The topological polar surface area (TPSA) is 109 Å². The van der Waals surface area contributed by atoms with Gasteiger partial charge in [0.1, 0.15) is 6.61 Å². The highest BCUT2D eigenvalue weighted by Gasteiger charge is 2.13. The van der Waals surface area contributed by atoms with Crippen molar-refractivity contribution in [3.8, 4) is 0 Å². The highest BCUT2D eigenvalue weighted by Crippen LogP contribution is 2.01. The molecule has 0 aliphatic rings. The average molecular weight is 515 g/mol. The van der Waals surface area contributed by atoms with E-state index in [4.69, 9.17) is 42.3 Å². The zero-order valence-corrected chi connectivity index (χ0v) is 22.5. The third kappa shape index (κ3) is 29.4. The lowest BCUT2D eigenvalue weighted by molar-refractivity contribution is -0.146. The van der Waals surface area contributed by atoms with E-state index in [1.54, 1.807) is 0 Å². The van der Waals surface area contributed by atoms with Crippen LogP contribution in [0.4, 0.5) is 0 Å². The molecule has 0 aliphatic carbocycles. The number of hydrogen-bond donors (Lipinski definition) is 0. The first-order valence-corrected chi connectivity index (χ1v) is 15.2. The van der Waals surface area contributed by atoms with Gasteiger partial charge in [0.2, 0.25) is 0 Å². The fraction of sp³-hybridized carbons (Fsp3) is 0.955. The molecule has 0 atom stereocenters. The minimum absolute atomic E-state index is 0.0637. The molecule has 0 heterocycles. The van der Waals surface area contributed by atoms with E-state index in [0.29, 0.717) is 106 Å². The van der Waals surface area contributed by atoms with E-state index in [1.807, 2.05) is 0 Å². The van der Waals surface area contributed by atoms with Crippen molar-refractivity contribution in [1.82, 2.24) is 0 Å². The second-order valence-electron chi connectivity index (χ2n) is 7.88. The Balaban J connectivity index is 3.06. The van der Waals surface area contributed by atoms with Crippen molar-refractivity contribution in [2.24, 2.45) is 0 Å². The molecule has 204 valence electrons. The summed E-state index contributed by atoms with van der Waals surface area (Å²) >= 11 is 0. The highest BCUT2D eigenvalue weighted by molar-refractivity contribution is 6.69. The van der Waals surface area contributed by atoms with Crippen molar-refractivity contribution in [2.45, 2.75) is 19.6 Å². The van der Waals surface area contributed by atoms with Crippen LogP contribution in [0.15, 0.2) is 0 Å². The Morgan fingerprint density at radius 1 is 0.471 bits per heavy atom. The average Bonchev–Trinajstić information content (AvgIpc) is 2.80. The first-order valence-electron chi connectivity index (χ1n) is 11.8. The lowest BCUT2D eigenvalue weighted by Gasteiger charge is -2.16. The van der Waals surface area contributed by atoms with Crippen LogP contribution in [-0.4, -0.2) is 134 Å². The lowest BCUT2D eigenvalue weighted by Crippen LogP contribution is -2.27. The second kappa shape index (κ2) is 25.4. The predicted molar refractivity (Wildman–Crippen MR) is 128 cm³/mol. The molecule has 0 bridgehead atoms. The zero-order chi connectivity index (χ0) is 25.2. The first-order chi connectivity index (χ1) is 16.5. The molecule has 0 radical (unpaired) electrons. The number of hydrogen-bond acceptors (Lipinski definition) is 11. The Kier molecular flexibility index (Phi) is 24.9. The van der Waals surface area contributed by atoms with E-state index in [2.05, 4.69) is 24.4 Å². The van der Waals surface area contributed by atoms with Crippen LogP contribution in [0, 0.1) is 0 Å². The monoisotopic (exact) mass is 514 g/mol. The van der Waals surface area contributed by atoms with Crippen molar-refractivity contribution in [1.29, 1.82) is 0 Å². The maximum atomic E-state index is 10.8. The number of ether oxygens (including phenoxy) is 9. The van der Waals surface area contributed by atoms with E-state index >= 15 is 0 Å². The van der Waals surface area contributed by atoms with Gasteiger partial charge in [-0.3, -0.25) is 0 Å². The number of methoxy groups -OCH3 is 1. The van der Waals surface area contributed by atoms with Crippen LogP contribution in [0.2, 0.25) is 19.6 Å². The number of esters is 1. The zero-order valence-electron chi connectivity index (χ0n) is 21.5. The van der Waals surface area contributed by atoms with Crippen LogP contribution in [0.3, 0.4) is 0 Å². The normalized spacial score (nSPS) is 11.8. The molecule has 0 unspecified atom stereocenters. The maximum absolute atomic E-state index is 10.8. The molecule has 11 nitrogen and oxygen atoms in total. The molecule has 0 aliphatic heterocycles. The molecule has 0 aromatic heterocycles. The van der Waals surface area contributed by atoms with E-state index in [1.165, 1.54) is 7.11 Å². The number of rotatable bonds is 27. The quantitative estimate of drug-likeness (QED) is 0.0894. The van der Waals surface area contributed by atoms with Gasteiger partial charge in [-0.2, -0.15) is 0 Å². The summed E-state index contributed by atoms with van der Waals surface area (Å²) in [6.07, 6.45) is 0. The van der Waals surface area contributed by atoms with Gasteiger partial charge >= 0.3 is 5.97 Å². The van der Waals surface area contributed by atoms with Crippen LogP contribution in [0.1, 0.15) is 0 Å². The van der Waals surface area contributed by atoms with Crippen molar-refractivity contribution in [2.75, 3.05) is 119 Å². The summed E-state index contributed by atoms with van der Waals surface area (Å²) in [6.45, 7) is 14.5. The van der Waals surface area contributed by atoms with Gasteiger partial charge in [0.05, 0.1) is 113 Å². The SMILES string of the molecule is COC(=O)COCCOCCOCCOCCOCCOCCOCCOCCO[Si](C)(C)C. The van der Waals surface area contributed by atoms with Crippen LogP contribution >= 0.6 is 0 Å². The fourth-order valence-corrected chi connectivity index (χ4v) is 2.86. The Morgan fingerprint density at radius 2 is 0.735 bits per heavy atom. The smallest absolute Gasteiger partial charge is 0.331 e. The van der Waals surface area contributed by atoms with Crippen molar-refractivity contribution < 1.29 is 51.9 Å².